The molecule has 1 aliphatic heterocycles. The lowest BCUT2D eigenvalue weighted by molar-refractivity contribution is 0.0697. The second kappa shape index (κ2) is 5.71. The smallest absolute Gasteiger partial charge is 0.335 e. The average Bonchev–Trinajstić information content (AvgIpc) is 2.38. The van der Waals surface area contributed by atoms with Crippen molar-refractivity contribution < 1.29 is 9.90 Å². The Morgan fingerprint density at radius 3 is 3.06 bits per heavy atom. The number of benzene rings is 1. The monoisotopic (exact) mass is 245 g/mol. The highest BCUT2D eigenvalue weighted by Gasteiger charge is 2.17. The third kappa shape index (κ3) is 2.73. The van der Waals surface area contributed by atoms with Gasteiger partial charge in [0.1, 0.15) is 0 Å². The number of aromatic carboxylic acids is 1. The molecule has 1 aromatic carbocycles. The van der Waals surface area contributed by atoms with E-state index in [1.165, 1.54) is 11.3 Å². The van der Waals surface area contributed by atoms with E-state index in [9.17, 15) is 4.79 Å². The van der Waals surface area contributed by atoms with Crippen molar-refractivity contribution in [2.24, 2.45) is 0 Å². The summed E-state index contributed by atoms with van der Waals surface area (Å²) in [6, 6.07) is 5.47. The molecule has 0 amide bonds. The number of aryl methyl sites for hydroxylation is 1. The number of hydrogen-bond donors (Lipinski definition) is 1. The first kappa shape index (κ1) is 12.7. The Morgan fingerprint density at radius 2 is 2.33 bits per heavy atom. The van der Waals surface area contributed by atoms with Crippen molar-refractivity contribution in [3.63, 3.8) is 0 Å². The van der Waals surface area contributed by atoms with Crippen LogP contribution in [0.5, 0.6) is 0 Å². The van der Waals surface area contributed by atoms with Gasteiger partial charge in [0, 0.05) is 18.8 Å². The summed E-state index contributed by atoms with van der Waals surface area (Å²) in [4.78, 5) is 13.3. The van der Waals surface area contributed by atoms with E-state index in [1.54, 1.807) is 6.07 Å². The molecule has 0 fully saturated rings. The number of carbonyl (C=O) groups is 1. The average molecular weight is 245 g/mol. The third-order valence-electron chi connectivity index (χ3n) is 3.38. The van der Waals surface area contributed by atoms with Crippen molar-refractivity contribution in [3.8, 4) is 0 Å². The number of nitrogens with zero attached hydrogens (tertiary/aromatic N) is 1. The Labute approximate surface area is 108 Å². The standard InChI is InChI=1S/C15H19NO2/c1-2-3-4-9-16-10-5-6-12-11-13(15(17)18)7-8-14(12)16/h2,7-8,11H,1,3-6,9-10H2,(H,17,18). The lowest BCUT2D eigenvalue weighted by Crippen LogP contribution is -2.30. The fraction of sp³-hybridized carbons (Fsp3) is 0.400. The van der Waals surface area contributed by atoms with Gasteiger partial charge in [0.05, 0.1) is 5.56 Å². The second-order valence-corrected chi connectivity index (χ2v) is 4.67. The maximum absolute atomic E-state index is 11.0. The van der Waals surface area contributed by atoms with Gasteiger partial charge in [-0.1, -0.05) is 6.08 Å². The summed E-state index contributed by atoms with van der Waals surface area (Å²) in [6.07, 6.45) is 6.15. The fourth-order valence-electron chi connectivity index (χ4n) is 2.47. The molecule has 0 unspecified atom stereocenters. The van der Waals surface area contributed by atoms with Gasteiger partial charge in [-0.3, -0.25) is 0 Å². The quantitative estimate of drug-likeness (QED) is 0.640. The minimum atomic E-state index is -0.846. The molecular formula is C15H19NO2. The largest absolute Gasteiger partial charge is 0.478 e. The van der Waals surface area contributed by atoms with Crippen LogP contribution in [-0.2, 0) is 6.42 Å². The summed E-state index contributed by atoms with van der Waals surface area (Å²) >= 11 is 0. The van der Waals surface area contributed by atoms with Gasteiger partial charge < -0.3 is 10.0 Å². The zero-order valence-electron chi connectivity index (χ0n) is 10.6. The minimum absolute atomic E-state index is 0.390. The Morgan fingerprint density at radius 1 is 1.50 bits per heavy atom. The number of fused-ring (bicyclic) bond motifs is 1. The number of hydrogen-bond acceptors (Lipinski definition) is 2. The first-order valence-corrected chi connectivity index (χ1v) is 6.44. The van der Waals surface area contributed by atoms with E-state index in [0.29, 0.717) is 5.56 Å². The molecule has 0 saturated carbocycles. The lowest BCUT2D eigenvalue weighted by atomic mass is 9.99. The van der Waals surface area contributed by atoms with Gasteiger partial charge in [0.15, 0.2) is 0 Å². The fourth-order valence-corrected chi connectivity index (χ4v) is 2.47. The highest BCUT2D eigenvalue weighted by molar-refractivity contribution is 5.88. The summed E-state index contributed by atoms with van der Waals surface area (Å²) in [5.41, 5.74) is 2.76. The Balaban J connectivity index is 2.16. The predicted molar refractivity (Wildman–Crippen MR) is 73.4 cm³/mol. The predicted octanol–water partition coefficient (Wildman–Crippen LogP) is 3.10. The molecule has 0 aromatic heterocycles. The lowest BCUT2D eigenvalue weighted by Gasteiger charge is -2.31. The summed E-state index contributed by atoms with van der Waals surface area (Å²) < 4.78 is 0. The van der Waals surface area contributed by atoms with E-state index < -0.39 is 5.97 Å². The van der Waals surface area contributed by atoms with Crippen LogP contribution in [-0.4, -0.2) is 24.2 Å². The first-order chi connectivity index (χ1) is 8.72. The van der Waals surface area contributed by atoms with Gasteiger partial charge >= 0.3 is 5.97 Å². The summed E-state index contributed by atoms with van der Waals surface area (Å²) in [7, 11) is 0. The van der Waals surface area contributed by atoms with Crippen LogP contribution in [0.4, 0.5) is 5.69 Å². The van der Waals surface area contributed by atoms with Crippen LogP contribution in [0, 0.1) is 0 Å². The van der Waals surface area contributed by atoms with E-state index in [0.717, 1.165) is 38.8 Å². The van der Waals surface area contributed by atoms with Crippen molar-refractivity contribution >= 4 is 11.7 Å². The topological polar surface area (TPSA) is 40.5 Å². The van der Waals surface area contributed by atoms with Gasteiger partial charge in [-0.15, -0.1) is 6.58 Å². The zero-order valence-corrected chi connectivity index (χ0v) is 10.6. The van der Waals surface area contributed by atoms with E-state index >= 15 is 0 Å². The molecule has 3 nitrogen and oxygen atoms in total. The Bertz CT molecular complexity index is 454. The Kier molecular flexibility index (Phi) is 4.03. The number of unbranched alkanes of at least 4 members (excludes halogenated alkanes) is 1. The molecule has 0 spiro atoms. The number of anilines is 1. The van der Waals surface area contributed by atoms with Gasteiger partial charge in [0.2, 0.25) is 0 Å². The SMILES string of the molecule is C=CCCCN1CCCc2cc(C(=O)O)ccc21. The van der Waals surface area contributed by atoms with Crippen LogP contribution < -0.4 is 4.90 Å². The molecule has 0 atom stereocenters. The van der Waals surface area contributed by atoms with Crippen molar-refractivity contribution in [2.45, 2.75) is 25.7 Å². The van der Waals surface area contributed by atoms with E-state index in [-0.39, 0.29) is 0 Å². The van der Waals surface area contributed by atoms with Crippen molar-refractivity contribution in [1.29, 1.82) is 0 Å². The highest BCUT2D eigenvalue weighted by atomic mass is 16.4. The molecule has 0 bridgehead atoms. The van der Waals surface area contributed by atoms with Crippen molar-refractivity contribution in [2.75, 3.05) is 18.0 Å². The van der Waals surface area contributed by atoms with E-state index in [1.807, 2.05) is 18.2 Å². The molecular weight excluding hydrogens is 226 g/mol. The molecule has 0 radical (unpaired) electrons. The normalized spacial score (nSPS) is 14.1. The molecule has 0 aliphatic carbocycles. The second-order valence-electron chi connectivity index (χ2n) is 4.67. The molecule has 96 valence electrons. The number of allylic oxidation sites excluding steroid dienone is 1. The van der Waals surface area contributed by atoms with Crippen LogP contribution in [0.1, 0.15) is 35.2 Å². The van der Waals surface area contributed by atoms with Crippen LogP contribution >= 0.6 is 0 Å². The van der Waals surface area contributed by atoms with Crippen LogP contribution in [0.25, 0.3) is 0 Å². The van der Waals surface area contributed by atoms with Gasteiger partial charge in [-0.25, -0.2) is 4.79 Å². The maximum Gasteiger partial charge on any atom is 0.335 e. The molecule has 1 heterocycles. The maximum atomic E-state index is 11.0. The van der Waals surface area contributed by atoms with Crippen molar-refractivity contribution in [3.05, 3.63) is 42.0 Å². The molecule has 1 aromatic rings. The molecule has 0 saturated heterocycles. The third-order valence-corrected chi connectivity index (χ3v) is 3.38. The van der Waals surface area contributed by atoms with Gasteiger partial charge in [0.25, 0.3) is 0 Å². The summed E-state index contributed by atoms with van der Waals surface area (Å²) in [6.45, 7) is 5.82. The highest BCUT2D eigenvalue weighted by Crippen LogP contribution is 2.28. The summed E-state index contributed by atoms with van der Waals surface area (Å²) in [5, 5.41) is 9.00. The number of carboxylic acids is 1. The number of rotatable bonds is 5. The summed E-state index contributed by atoms with van der Waals surface area (Å²) in [5.74, 6) is -0.846. The molecule has 1 aliphatic rings. The molecule has 3 heteroatoms. The van der Waals surface area contributed by atoms with Crippen LogP contribution in [0.2, 0.25) is 0 Å². The van der Waals surface area contributed by atoms with Gasteiger partial charge in [-0.2, -0.15) is 0 Å². The molecule has 2 rings (SSSR count). The number of carboxylic acid groups (broad SMARTS) is 1. The van der Waals surface area contributed by atoms with E-state index in [4.69, 9.17) is 5.11 Å². The first-order valence-electron chi connectivity index (χ1n) is 6.44. The van der Waals surface area contributed by atoms with Gasteiger partial charge in [-0.05, 0) is 49.4 Å². The zero-order chi connectivity index (χ0) is 13.0. The van der Waals surface area contributed by atoms with E-state index in [2.05, 4.69) is 11.5 Å². The molecule has 18 heavy (non-hydrogen) atoms. The van der Waals surface area contributed by atoms with Crippen LogP contribution in [0.3, 0.4) is 0 Å². The minimum Gasteiger partial charge on any atom is -0.478 e. The Hall–Kier alpha value is -1.77. The molecule has 1 N–H and O–H groups in total. The van der Waals surface area contributed by atoms with Crippen molar-refractivity contribution in [1.82, 2.24) is 0 Å². The van der Waals surface area contributed by atoms with Crippen LogP contribution in [0.15, 0.2) is 30.9 Å².